The molecule has 2 unspecified atom stereocenters. The number of morpholine rings is 1. The van der Waals surface area contributed by atoms with Gasteiger partial charge in [0.15, 0.2) is 0 Å². The fraction of sp³-hybridized carbons (Fsp3) is 0.818. The van der Waals surface area contributed by atoms with E-state index in [0.29, 0.717) is 12.1 Å². The molecule has 1 saturated heterocycles. The van der Waals surface area contributed by atoms with Gasteiger partial charge >= 0.3 is 0 Å². The number of likely N-dealkylation sites (N-methyl/N-ethyl adjacent to an activating group) is 2. The van der Waals surface area contributed by atoms with Gasteiger partial charge in [-0.25, -0.2) is 0 Å². The number of ether oxygens (including phenoxy) is 1. The molecule has 1 heterocycles. The van der Waals surface area contributed by atoms with E-state index in [9.17, 15) is 0 Å². The first-order chi connectivity index (χ1) is 6.77. The average molecular weight is 198 g/mol. The summed E-state index contributed by atoms with van der Waals surface area (Å²) in [4.78, 5) is 2.33. The fourth-order valence-electron chi connectivity index (χ4n) is 1.87. The van der Waals surface area contributed by atoms with E-state index in [4.69, 9.17) is 4.74 Å². The molecular weight excluding hydrogens is 176 g/mol. The molecule has 1 N–H and O–H groups in total. The lowest BCUT2D eigenvalue weighted by molar-refractivity contribution is -0.0384. The van der Waals surface area contributed by atoms with Gasteiger partial charge < -0.3 is 15.0 Å². The smallest absolute Gasteiger partial charge is 0.0855 e. The van der Waals surface area contributed by atoms with Crippen molar-refractivity contribution in [2.45, 2.75) is 25.0 Å². The normalized spacial score (nSPS) is 26.0. The number of nitrogens with one attached hydrogen (secondary N) is 1. The molecule has 14 heavy (non-hydrogen) atoms. The van der Waals surface area contributed by atoms with Crippen LogP contribution in [0.25, 0.3) is 0 Å². The van der Waals surface area contributed by atoms with Crippen molar-refractivity contribution in [2.24, 2.45) is 0 Å². The maximum atomic E-state index is 5.76. The first kappa shape index (κ1) is 11.7. The van der Waals surface area contributed by atoms with Crippen molar-refractivity contribution < 1.29 is 4.74 Å². The minimum absolute atomic E-state index is 0.332. The van der Waals surface area contributed by atoms with Crippen LogP contribution in [0.2, 0.25) is 0 Å². The Hall–Kier alpha value is -0.380. The summed E-state index contributed by atoms with van der Waals surface area (Å²) >= 11 is 0. The standard InChI is InChI=1S/C11H22N2O/c1-4-5-6-10(12-2)11-9-13(3)7-8-14-11/h4,10-12H,1,5-9H2,2-3H3. The molecule has 0 aromatic carbocycles. The lowest BCUT2D eigenvalue weighted by Crippen LogP contribution is -2.50. The van der Waals surface area contributed by atoms with Gasteiger partial charge in [-0.05, 0) is 26.9 Å². The molecule has 1 fully saturated rings. The molecule has 0 spiro atoms. The number of hydrogen-bond acceptors (Lipinski definition) is 3. The molecule has 3 heteroatoms. The topological polar surface area (TPSA) is 24.5 Å². The van der Waals surface area contributed by atoms with E-state index >= 15 is 0 Å². The maximum absolute atomic E-state index is 5.76. The van der Waals surface area contributed by atoms with Crippen LogP contribution < -0.4 is 5.32 Å². The Bertz CT molecular complexity index is 173. The molecule has 0 bridgehead atoms. The van der Waals surface area contributed by atoms with Gasteiger partial charge in [0, 0.05) is 19.1 Å². The zero-order chi connectivity index (χ0) is 10.4. The second-order valence-corrected chi connectivity index (χ2v) is 3.93. The first-order valence-corrected chi connectivity index (χ1v) is 5.36. The van der Waals surface area contributed by atoms with E-state index in [1.54, 1.807) is 0 Å². The van der Waals surface area contributed by atoms with Crippen LogP contribution >= 0.6 is 0 Å². The molecule has 0 aliphatic carbocycles. The van der Waals surface area contributed by atoms with Crippen LogP contribution in [-0.2, 0) is 4.74 Å². The summed E-state index contributed by atoms with van der Waals surface area (Å²) < 4.78 is 5.76. The summed E-state index contributed by atoms with van der Waals surface area (Å²) in [6.07, 6.45) is 4.46. The molecule has 1 aliphatic rings. The highest BCUT2D eigenvalue weighted by Crippen LogP contribution is 2.11. The maximum Gasteiger partial charge on any atom is 0.0855 e. The third-order valence-electron chi connectivity index (χ3n) is 2.80. The van der Waals surface area contributed by atoms with E-state index in [-0.39, 0.29) is 0 Å². The average Bonchev–Trinajstić information content (AvgIpc) is 2.19. The Balaban J connectivity index is 2.37. The Kier molecular flexibility index (Phi) is 5.15. The highest BCUT2D eigenvalue weighted by atomic mass is 16.5. The number of rotatable bonds is 5. The predicted octanol–water partition coefficient (Wildman–Crippen LogP) is 0.871. The third kappa shape index (κ3) is 3.40. The molecule has 1 aliphatic heterocycles. The van der Waals surface area contributed by atoms with Crippen LogP contribution in [0.4, 0.5) is 0 Å². The van der Waals surface area contributed by atoms with Crippen molar-refractivity contribution in [1.82, 2.24) is 10.2 Å². The van der Waals surface area contributed by atoms with Crippen LogP contribution in [0.3, 0.4) is 0 Å². The monoisotopic (exact) mass is 198 g/mol. The fourth-order valence-corrected chi connectivity index (χ4v) is 1.87. The van der Waals surface area contributed by atoms with Gasteiger partial charge in [0.05, 0.1) is 12.7 Å². The molecular formula is C11H22N2O. The quantitative estimate of drug-likeness (QED) is 0.663. The molecule has 0 aromatic rings. The van der Waals surface area contributed by atoms with Crippen LogP contribution in [0, 0.1) is 0 Å². The summed E-state index contributed by atoms with van der Waals surface area (Å²) in [5, 5.41) is 3.33. The van der Waals surface area contributed by atoms with Crippen molar-refractivity contribution >= 4 is 0 Å². The van der Waals surface area contributed by atoms with Crippen LogP contribution in [0.5, 0.6) is 0 Å². The second kappa shape index (κ2) is 6.17. The largest absolute Gasteiger partial charge is 0.374 e. The van der Waals surface area contributed by atoms with Gasteiger partial charge in [-0.3, -0.25) is 0 Å². The zero-order valence-corrected chi connectivity index (χ0v) is 9.33. The first-order valence-electron chi connectivity index (χ1n) is 5.36. The van der Waals surface area contributed by atoms with E-state index in [0.717, 1.165) is 32.5 Å². The molecule has 1 rings (SSSR count). The summed E-state index contributed by atoms with van der Waals surface area (Å²) in [5.74, 6) is 0. The van der Waals surface area contributed by atoms with Crippen molar-refractivity contribution in [2.75, 3.05) is 33.8 Å². The SMILES string of the molecule is C=CCCC(NC)C1CN(C)CCO1. The van der Waals surface area contributed by atoms with E-state index in [2.05, 4.69) is 23.8 Å². The Morgan fingerprint density at radius 1 is 1.71 bits per heavy atom. The van der Waals surface area contributed by atoms with Crippen molar-refractivity contribution in [3.63, 3.8) is 0 Å². The molecule has 0 saturated carbocycles. The van der Waals surface area contributed by atoms with E-state index in [1.807, 2.05) is 13.1 Å². The summed E-state index contributed by atoms with van der Waals surface area (Å²) in [5.41, 5.74) is 0. The molecule has 0 radical (unpaired) electrons. The van der Waals surface area contributed by atoms with E-state index < -0.39 is 0 Å². The molecule has 3 nitrogen and oxygen atoms in total. The lowest BCUT2D eigenvalue weighted by Gasteiger charge is -2.35. The van der Waals surface area contributed by atoms with Gasteiger partial charge in [0.25, 0.3) is 0 Å². The Labute approximate surface area is 87.1 Å². The van der Waals surface area contributed by atoms with Crippen LogP contribution in [0.15, 0.2) is 12.7 Å². The van der Waals surface area contributed by atoms with Crippen molar-refractivity contribution in [3.8, 4) is 0 Å². The van der Waals surface area contributed by atoms with Crippen LogP contribution in [0.1, 0.15) is 12.8 Å². The second-order valence-electron chi connectivity index (χ2n) is 3.93. The van der Waals surface area contributed by atoms with Gasteiger partial charge in [-0.2, -0.15) is 0 Å². The van der Waals surface area contributed by atoms with Crippen LogP contribution in [-0.4, -0.2) is 50.8 Å². The minimum Gasteiger partial charge on any atom is -0.374 e. The molecule has 2 atom stereocenters. The summed E-state index contributed by atoms with van der Waals surface area (Å²) in [7, 11) is 4.15. The van der Waals surface area contributed by atoms with Gasteiger partial charge in [0.2, 0.25) is 0 Å². The van der Waals surface area contributed by atoms with E-state index in [1.165, 1.54) is 0 Å². The van der Waals surface area contributed by atoms with Crippen molar-refractivity contribution in [3.05, 3.63) is 12.7 Å². The third-order valence-corrected chi connectivity index (χ3v) is 2.80. The highest BCUT2D eigenvalue weighted by Gasteiger charge is 2.24. The van der Waals surface area contributed by atoms with Gasteiger partial charge in [-0.15, -0.1) is 6.58 Å². The van der Waals surface area contributed by atoms with Gasteiger partial charge in [0.1, 0.15) is 0 Å². The molecule has 0 aromatic heterocycles. The number of hydrogen-bond donors (Lipinski definition) is 1. The Morgan fingerprint density at radius 2 is 2.50 bits per heavy atom. The Morgan fingerprint density at radius 3 is 3.07 bits per heavy atom. The highest BCUT2D eigenvalue weighted by molar-refractivity contribution is 4.83. The lowest BCUT2D eigenvalue weighted by atomic mass is 10.0. The minimum atomic E-state index is 0.332. The number of nitrogens with zero attached hydrogens (tertiary/aromatic N) is 1. The molecule has 0 amide bonds. The zero-order valence-electron chi connectivity index (χ0n) is 9.33. The number of allylic oxidation sites excluding steroid dienone is 1. The van der Waals surface area contributed by atoms with Gasteiger partial charge in [-0.1, -0.05) is 6.08 Å². The summed E-state index contributed by atoms with van der Waals surface area (Å²) in [6.45, 7) is 6.68. The van der Waals surface area contributed by atoms with Crippen molar-refractivity contribution in [1.29, 1.82) is 0 Å². The molecule has 82 valence electrons. The summed E-state index contributed by atoms with van der Waals surface area (Å²) in [6, 6.07) is 0.454. The predicted molar refractivity (Wildman–Crippen MR) is 59.5 cm³/mol.